The van der Waals surface area contributed by atoms with Gasteiger partial charge in [-0.2, -0.15) is 0 Å². The van der Waals surface area contributed by atoms with Crippen LogP contribution < -0.4 is 4.74 Å². The smallest absolute Gasteiger partial charge is 0.224 e. The van der Waals surface area contributed by atoms with Crippen molar-refractivity contribution < 1.29 is 4.74 Å². The monoisotopic (exact) mass is 157 g/mol. The van der Waals surface area contributed by atoms with Crippen LogP contribution in [0.15, 0.2) is 5.38 Å². The summed E-state index contributed by atoms with van der Waals surface area (Å²) >= 11 is 1.66. The molecule has 0 radical (unpaired) electrons. The van der Waals surface area contributed by atoms with Gasteiger partial charge in [0, 0.05) is 0 Å². The summed E-state index contributed by atoms with van der Waals surface area (Å²) in [6, 6.07) is 0. The number of hydrogen-bond acceptors (Lipinski definition) is 3. The standard InChI is InChI=1S/C7H11NOS/c1-3-4-7-8-6(9-2)5-10-7/h5H,3-4H2,1-2H3. The van der Waals surface area contributed by atoms with Crippen molar-refractivity contribution in [3.05, 3.63) is 10.4 Å². The highest BCUT2D eigenvalue weighted by molar-refractivity contribution is 7.09. The third-order valence-corrected chi connectivity index (χ3v) is 2.09. The molecule has 1 aromatic heterocycles. The third kappa shape index (κ3) is 1.70. The molecule has 0 N–H and O–H groups in total. The number of aromatic nitrogens is 1. The average Bonchev–Trinajstić information content (AvgIpc) is 2.37. The molecular weight excluding hydrogens is 146 g/mol. The molecule has 2 nitrogen and oxygen atoms in total. The van der Waals surface area contributed by atoms with E-state index in [0.717, 1.165) is 18.7 Å². The second-order valence-corrected chi connectivity index (χ2v) is 2.98. The van der Waals surface area contributed by atoms with E-state index in [2.05, 4.69) is 11.9 Å². The molecule has 1 heterocycles. The Morgan fingerprint density at radius 1 is 1.70 bits per heavy atom. The van der Waals surface area contributed by atoms with Crippen LogP contribution >= 0.6 is 11.3 Å². The summed E-state index contributed by atoms with van der Waals surface area (Å²) in [5, 5.41) is 3.10. The van der Waals surface area contributed by atoms with Crippen LogP contribution in [0.25, 0.3) is 0 Å². The maximum absolute atomic E-state index is 4.94. The molecule has 0 aliphatic heterocycles. The van der Waals surface area contributed by atoms with Gasteiger partial charge in [0.15, 0.2) is 0 Å². The van der Waals surface area contributed by atoms with Gasteiger partial charge in [-0.25, -0.2) is 4.98 Å². The molecule has 1 aromatic rings. The lowest BCUT2D eigenvalue weighted by Gasteiger charge is -1.89. The third-order valence-electron chi connectivity index (χ3n) is 1.20. The number of thiazole rings is 1. The Balaban J connectivity index is 2.59. The minimum absolute atomic E-state index is 0.744. The van der Waals surface area contributed by atoms with Crippen molar-refractivity contribution in [2.75, 3.05) is 7.11 Å². The van der Waals surface area contributed by atoms with Crippen molar-refractivity contribution in [3.8, 4) is 5.88 Å². The van der Waals surface area contributed by atoms with Crippen LogP contribution in [0.4, 0.5) is 0 Å². The van der Waals surface area contributed by atoms with Crippen molar-refractivity contribution in [3.63, 3.8) is 0 Å². The molecule has 0 atom stereocenters. The Morgan fingerprint density at radius 2 is 2.50 bits per heavy atom. The van der Waals surface area contributed by atoms with Crippen molar-refractivity contribution in [1.29, 1.82) is 0 Å². The summed E-state index contributed by atoms with van der Waals surface area (Å²) in [6.07, 6.45) is 2.21. The summed E-state index contributed by atoms with van der Waals surface area (Å²) in [5.41, 5.74) is 0. The van der Waals surface area contributed by atoms with E-state index in [1.165, 1.54) is 5.01 Å². The number of ether oxygens (including phenoxy) is 1. The van der Waals surface area contributed by atoms with Gasteiger partial charge in [0.2, 0.25) is 5.88 Å². The Bertz CT molecular complexity index is 197. The number of aryl methyl sites for hydroxylation is 1. The van der Waals surface area contributed by atoms with Crippen LogP contribution in [0, 0.1) is 0 Å². The van der Waals surface area contributed by atoms with Gasteiger partial charge in [0.1, 0.15) is 0 Å². The van der Waals surface area contributed by atoms with Crippen molar-refractivity contribution >= 4 is 11.3 Å². The van der Waals surface area contributed by atoms with Crippen LogP contribution in [-0.4, -0.2) is 12.1 Å². The molecule has 0 saturated carbocycles. The van der Waals surface area contributed by atoms with Gasteiger partial charge < -0.3 is 4.74 Å². The van der Waals surface area contributed by atoms with E-state index in [-0.39, 0.29) is 0 Å². The normalized spacial score (nSPS) is 9.80. The fraction of sp³-hybridized carbons (Fsp3) is 0.571. The fourth-order valence-electron chi connectivity index (χ4n) is 0.716. The van der Waals surface area contributed by atoms with Crippen LogP contribution in [0.2, 0.25) is 0 Å². The zero-order valence-electron chi connectivity index (χ0n) is 6.26. The summed E-state index contributed by atoms with van der Waals surface area (Å²) in [6.45, 7) is 2.15. The second kappa shape index (κ2) is 3.56. The summed E-state index contributed by atoms with van der Waals surface area (Å²) in [4.78, 5) is 4.21. The molecule has 0 aromatic carbocycles. The molecule has 10 heavy (non-hydrogen) atoms. The summed E-state index contributed by atoms with van der Waals surface area (Å²) in [7, 11) is 1.64. The zero-order chi connectivity index (χ0) is 7.40. The fourth-order valence-corrected chi connectivity index (χ4v) is 1.57. The topological polar surface area (TPSA) is 22.1 Å². The number of nitrogens with zero attached hydrogens (tertiary/aromatic N) is 1. The van der Waals surface area contributed by atoms with Gasteiger partial charge in [-0.1, -0.05) is 6.92 Å². The Kier molecular flexibility index (Phi) is 2.68. The molecular formula is C7H11NOS. The number of methoxy groups -OCH3 is 1. The van der Waals surface area contributed by atoms with E-state index in [9.17, 15) is 0 Å². The molecule has 56 valence electrons. The highest BCUT2D eigenvalue weighted by atomic mass is 32.1. The van der Waals surface area contributed by atoms with E-state index in [1.54, 1.807) is 18.4 Å². The average molecular weight is 157 g/mol. The zero-order valence-corrected chi connectivity index (χ0v) is 7.07. The van der Waals surface area contributed by atoms with Crippen molar-refractivity contribution in [2.24, 2.45) is 0 Å². The first-order chi connectivity index (χ1) is 4.86. The SMILES string of the molecule is CCCc1nc(OC)cs1. The minimum atomic E-state index is 0.744. The van der Waals surface area contributed by atoms with Crippen LogP contribution in [0.3, 0.4) is 0 Å². The Labute approximate surface area is 64.9 Å². The predicted molar refractivity (Wildman–Crippen MR) is 42.7 cm³/mol. The number of hydrogen-bond donors (Lipinski definition) is 0. The van der Waals surface area contributed by atoms with E-state index in [1.807, 2.05) is 5.38 Å². The van der Waals surface area contributed by atoms with E-state index < -0.39 is 0 Å². The summed E-state index contributed by atoms with van der Waals surface area (Å²) in [5.74, 6) is 0.744. The van der Waals surface area contributed by atoms with Crippen LogP contribution in [0.5, 0.6) is 5.88 Å². The maximum Gasteiger partial charge on any atom is 0.224 e. The Morgan fingerprint density at radius 3 is 3.00 bits per heavy atom. The maximum atomic E-state index is 4.94. The highest BCUT2D eigenvalue weighted by Crippen LogP contribution is 2.16. The molecule has 3 heteroatoms. The quantitative estimate of drug-likeness (QED) is 0.670. The first-order valence-electron chi connectivity index (χ1n) is 3.35. The predicted octanol–water partition coefficient (Wildman–Crippen LogP) is 2.10. The number of rotatable bonds is 3. The summed E-state index contributed by atoms with van der Waals surface area (Å²) < 4.78 is 4.94. The molecule has 0 bridgehead atoms. The Hall–Kier alpha value is -0.570. The van der Waals surface area contributed by atoms with Gasteiger partial charge in [0.05, 0.1) is 17.5 Å². The highest BCUT2D eigenvalue weighted by Gasteiger charge is 1.98. The molecule has 0 unspecified atom stereocenters. The van der Waals surface area contributed by atoms with Gasteiger partial charge in [-0.3, -0.25) is 0 Å². The largest absolute Gasteiger partial charge is 0.480 e. The lowest BCUT2D eigenvalue weighted by molar-refractivity contribution is 0.399. The van der Waals surface area contributed by atoms with Crippen LogP contribution in [-0.2, 0) is 6.42 Å². The van der Waals surface area contributed by atoms with Gasteiger partial charge in [-0.05, 0) is 12.8 Å². The second-order valence-electron chi connectivity index (χ2n) is 2.03. The molecule has 0 aliphatic carbocycles. The van der Waals surface area contributed by atoms with Crippen LogP contribution in [0.1, 0.15) is 18.4 Å². The first kappa shape index (κ1) is 7.54. The molecule has 0 amide bonds. The lowest BCUT2D eigenvalue weighted by Crippen LogP contribution is -1.84. The molecule has 0 aliphatic rings. The lowest BCUT2D eigenvalue weighted by atomic mass is 10.4. The van der Waals surface area contributed by atoms with Gasteiger partial charge in [0.25, 0.3) is 0 Å². The molecule has 0 saturated heterocycles. The van der Waals surface area contributed by atoms with Gasteiger partial charge in [-0.15, -0.1) is 11.3 Å². The van der Waals surface area contributed by atoms with Crippen molar-refractivity contribution in [2.45, 2.75) is 19.8 Å². The van der Waals surface area contributed by atoms with E-state index in [0.29, 0.717) is 0 Å². The minimum Gasteiger partial charge on any atom is -0.480 e. The van der Waals surface area contributed by atoms with Gasteiger partial charge >= 0.3 is 0 Å². The van der Waals surface area contributed by atoms with E-state index >= 15 is 0 Å². The molecule has 1 rings (SSSR count). The first-order valence-corrected chi connectivity index (χ1v) is 4.23. The molecule has 0 fully saturated rings. The molecule has 0 spiro atoms. The van der Waals surface area contributed by atoms with E-state index in [4.69, 9.17) is 4.74 Å². The van der Waals surface area contributed by atoms with Crippen molar-refractivity contribution in [1.82, 2.24) is 4.98 Å².